The average Bonchev–Trinajstić information content (AvgIpc) is 3.12. The summed E-state index contributed by atoms with van der Waals surface area (Å²) < 4.78 is 15.1. The standard InChI is InChI=1S/C17H18N4O5/c1-10-18-15(20-19-10)11-5-4-6-12(7-11)21-9-26-8-13(16(22)24-2)14(21)17(23)25-3/h4-7H,8-9H2,1-3H3,(H,18,19,20). The van der Waals surface area contributed by atoms with Gasteiger partial charge in [-0.1, -0.05) is 12.1 Å². The number of nitrogens with one attached hydrogen (secondary N) is 1. The molecule has 136 valence electrons. The lowest BCUT2D eigenvalue weighted by molar-refractivity contribution is -0.140. The van der Waals surface area contributed by atoms with Crippen molar-refractivity contribution in [1.82, 2.24) is 15.2 Å². The van der Waals surface area contributed by atoms with Crippen LogP contribution in [-0.2, 0) is 23.8 Å². The fraction of sp³-hybridized carbons (Fsp3) is 0.294. The molecule has 1 aliphatic rings. The number of carbonyl (C=O) groups is 2. The third-order valence-corrected chi connectivity index (χ3v) is 3.85. The van der Waals surface area contributed by atoms with Gasteiger partial charge in [-0.3, -0.25) is 5.10 Å². The second kappa shape index (κ2) is 7.36. The largest absolute Gasteiger partial charge is 0.466 e. The van der Waals surface area contributed by atoms with Crippen molar-refractivity contribution in [2.45, 2.75) is 6.92 Å². The Kier molecular flexibility index (Phi) is 4.99. The van der Waals surface area contributed by atoms with E-state index in [1.165, 1.54) is 14.2 Å². The quantitative estimate of drug-likeness (QED) is 0.812. The monoisotopic (exact) mass is 358 g/mol. The first-order chi connectivity index (χ1) is 12.5. The normalized spacial score (nSPS) is 14.3. The maximum absolute atomic E-state index is 12.3. The van der Waals surface area contributed by atoms with Crippen LogP contribution in [0.2, 0.25) is 0 Å². The lowest BCUT2D eigenvalue weighted by atomic mass is 10.1. The number of carbonyl (C=O) groups excluding carboxylic acids is 2. The van der Waals surface area contributed by atoms with Gasteiger partial charge in [0.15, 0.2) is 5.82 Å². The molecule has 9 nitrogen and oxygen atoms in total. The molecule has 1 aromatic heterocycles. The molecule has 9 heteroatoms. The zero-order valence-corrected chi connectivity index (χ0v) is 14.6. The highest BCUT2D eigenvalue weighted by molar-refractivity contribution is 6.03. The van der Waals surface area contributed by atoms with Gasteiger partial charge in [0.2, 0.25) is 0 Å². The Bertz CT molecular complexity index is 874. The van der Waals surface area contributed by atoms with Gasteiger partial charge < -0.3 is 19.1 Å². The van der Waals surface area contributed by atoms with E-state index in [0.29, 0.717) is 17.3 Å². The second-order valence-electron chi connectivity index (χ2n) is 5.51. The van der Waals surface area contributed by atoms with Gasteiger partial charge in [-0.05, 0) is 19.1 Å². The molecule has 0 radical (unpaired) electrons. The minimum absolute atomic E-state index is 0.0343. The summed E-state index contributed by atoms with van der Waals surface area (Å²) in [7, 11) is 2.50. The number of benzene rings is 1. The number of aryl methyl sites for hydroxylation is 1. The minimum Gasteiger partial charge on any atom is -0.466 e. The maximum Gasteiger partial charge on any atom is 0.355 e. The molecule has 0 spiro atoms. The van der Waals surface area contributed by atoms with Crippen molar-refractivity contribution < 1.29 is 23.8 Å². The van der Waals surface area contributed by atoms with E-state index in [2.05, 4.69) is 15.2 Å². The van der Waals surface area contributed by atoms with Crippen LogP contribution < -0.4 is 4.90 Å². The molecule has 0 unspecified atom stereocenters. The summed E-state index contributed by atoms with van der Waals surface area (Å²) in [5.74, 6) is -0.0717. The lowest BCUT2D eigenvalue weighted by Gasteiger charge is -2.31. The molecule has 1 N–H and O–H groups in total. The van der Waals surface area contributed by atoms with E-state index in [4.69, 9.17) is 14.2 Å². The van der Waals surface area contributed by atoms with Crippen LogP contribution in [0, 0.1) is 6.92 Å². The third kappa shape index (κ3) is 3.29. The molecule has 0 bridgehead atoms. The van der Waals surface area contributed by atoms with Crippen LogP contribution in [0.1, 0.15) is 5.82 Å². The van der Waals surface area contributed by atoms with Crippen molar-refractivity contribution in [3.8, 4) is 11.4 Å². The first kappa shape index (κ1) is 17.6. The number of methoxy groups -OCH3 is 2. The highest BCUT2D eigenvalue weighted by atomic mass is 16.5. The fourth-order valence-corrected chi connectivity index (χ4v) is 2.63. The molecule has 0 aliphatic carbocycles. The van der Waals surface area contributed by atoms with Crippen LogP contribution in [0.5, 0.6) is 0 Å². The zero-order valence-electron chi connectivity index (χ0n) is 14.6. The van der Waals surface area contributed by atoms with Crippen molar-refractivity contribution in [3.05, 3.63) is 41.4 Å². The zero-order chi connectivity index (χ0) is 18.7. The van der Waals surface area contributed by atoms with Crippen molar-refractivity contribution in [2.24, 2.45) is 0 Å². The molecular weight excluding hydrogens is 340 g/mol. The number of aromatic nitrogens is 3. The van der Waals surface area contributed by atoms with E-state index >= 15 is 0 Å². The molecule has 3 rings (SSSR count). The van der Waals surface area contributed by atoms with Crippen molar-refractivity contribution in [2.75, 3.05) is 32.5 Å². The molecule has 0 atom stereocenters. The summed E-state index contributed by atoms with van der Waals surface area (Å²) in [4.78, 5) is 30.2. The van der Waals surface area contributed by atoms with Gasteiger partial charge in [0, 0.05) is 11.3 Å². The SMILES string of the molecule is COC(=O)C1=C(C(=O)OC)N(c2cccc(-c3n[nH]c(C)n3)c2)COC1. The van der Waals surface area contributed by atoms with Gasteiger partial charge >= 0.3 is 11.9 Å². The smallest absolute Gasteiger partial charge is 0.355 e. The summed E-state index contributed by atoms with van der Waals surface area (Å²) in [5, 5.41) is 6.92. The fourth-order valence-electron chi connectivity index (χ4n) is 2.63. The number of nitrogens with zero attached hydrogens (tertiary/aromatic N) is 3. The van der Waals surface area contributed by atoms with Gasteiger partial charge in [0.1, 0.15) is 18.3 Å². The second-order valence-corrected chi connectivity index (χ2v) is 5.51. The summed E-state index contributed by atoms with van der Waals surface area (Å²) in [6, 6.07) is 7.24. The average molecular weight is 358 g/mol. The van der Waals surface area contributed by atoms with Crippen LogP contribution in [0.25, 0.3) is 11.4 Å². The highest BCUT2D eigenvalue weighted by Gasteiger charge is 2.32. The summed E-state index contributed by atoms with van der Waals surface area (Å²) in [6.45, 7) is 1.86. The summed E-state index contributed by atoms with van der Waals surface area (Å²) >= 11 is 0. The van der Waals surface area contributed by atoms with Crippen LogP contribution in [0.3, 0.4) is 0 Å². The van der Waals surface area contributed by atoms with Gasteiger partial charge in [0.25, 0.3) is 0 Å². The van der Waals surface area contributed by atoms with E-state index in [1.807, 2.05) is 6.07 Å². The maximum atomic E-state index is 12.3. The number of hydrogen-bond acceptors (Lipinski definition) is 8. The van der Waals surface area contributed by atoms with Gasteiger partial charge in [-0.15, -0.1) is 0 Å². The number of hydrogen-bond donors (Lipinski definition) is 1. The van der Waals surface area contributed by atoms with Gasteiger partial charge in [-0.25, -0.2) is 14.6 Å². The molecule has 2 aromatic rings. The Labute approximate surface area is 149 Å². The number of rotatable bonds is 4. The molecule has 0 saturated carbocycles. The van der Waals surface area contributed by atoms with E-state index in [9.17, 15) is 9.59 Å². The molecule has 0 fully saturated rings. The topological polar surface area (TPSA) is 107 Å². The third-order valence-electron chi connectivity index (χ3n) is 3.85. The van der Waals surface area contributed by atoms with Crippen LogP contribution in [0.15, 0.2) is 35.5 Å². The molecule has 1 aliphatic heterocycles. The Morgan fingerprint density at radius 1 is 1.23 bits per heavy atom. The van der Waals surface area contributed by atoms with E-state index < -0.39 is 11.9 Å². The molecule has 1 aromatic carbocycles. The predicted molar refractivity (Wildman–Crippen MR) is 90.9 cm³/mol. The van der Waals surface area contributed by atoms with Gasteiger partial charge in [0.05, 0.1) is 26.4 Å². The van der Waals surface area contributed by atoms with Crippen molar-refractivity contribution in [1.29, 1.82) is 0 Å². The molecular formula is C17H18N4O5. The molecule has 2 heterocycles. The Hall–Kier alpha value is -3.20. The molecule has 0 amide bonds. The van der Waals surface area contributed by atoms with E-state index in [1.54, 1.807) is 30.0 Å². The van der Waals surface area contributed by atoms with E-state index in [-0.39, 0.29) is 24.6 Å². The molecule has 26 heavy (non-hydrogen) atoms. The number of esters is 2. The Morgan fingerprint density at radius 2 is 2.00 bits per heavy atom. The molecule has 0 saturated heterocycles. The number of anilines is 1. The van der Waals surface area contributed by atoms with Crippen molar-refractivity contribution >= 4 is 17.6 Å². The summed E-state index contributed by atoms with van der Waals surface area (Å²) in [5.41, 5.74) is 1.58. The van der Waals surface area contributed by atoms with Gasteiger partial charge in [-0.2, -0.15) is 5.10 Å². The highest BCUT2D eigenvalue weighted by Crippen LogP contribution is 2.29. The Morgan fingerprint density at radius 3 is 2.65 bits per heavy atom. The lowest BCUT2D eigenvalue weighted by Crippen LogP contribution is -2.38. The van der Waals surface area contributed by atoms with Crippen LogP contribution in [0.4, 0.5) is 5.69 Å². The number of ether oxygens (including phenoxy) is 3. The minimum atomic E-state index is -0.646. The first-order valence-electron chi connectivity index (χ1n) is 7.79. The predicted octanol–water partition coefficient (Wildman–Crippen LogP) is 1.17. The first-order valence-corrected chi connectivity index (χ1v) is 7.79. The number of aromatic amines is 1. The summed E-state index contributed by atoms with van der Waals surface area (Å²) in [6.07, 6.45) is 0. The van der Waals surface area contributed by atoms with Crippen LogP contribution >= 0.6 is 0 Å². The van der Waals surface area contributed by atoms with E-state index in [0.717, 1.165) is 5.56 Å². The van der Waals surface area contributed by atoms with Crippen molar-refractivity contribution in [3.63, 3.8) is 0 Å². The van der Waals surface area contributed by atoms with Crippen LogP contribution in [-0.4, -0.2) is 54.7 Å². The number of H-pyrrole nitrogens is 1. The Balaban J connectivity index is 2.06.